The summed E-state index contributed by atoms with van der Waals surface area (Å²) < 4.78 is 0. The highest BCUT2D eigenvalue weighted by Crippen LogP contribution is 2.32. The van der Waals surface area contributed by atoms with Crippen molar-refractivity contribution in [1.29, 1.82) is 0 Å². The van der Waals surface area contributed by atoms with E-state index < -0.39 is 0 Å². The lowest BCUT2D eigenvalue weighted by Gasteiger charge is -2.36. The molecule has 0 bridgehead atoms. The van der Waals surface area contributed by atoms with Crippen molar-refractivity contribution >= 4 is 17.8 Å². The Morgan fingerprint density at radius 2 is 1.90 bits per heavy atom. The predicted molar refractivity (Wildman–Crippen MR) is 114 cm³/mol. The molecule has 168 valence electrons. The van der Waals surface area contributed by atoms with Crippen LogP contribution in [-0.4, -0.2) is 69.8 Å². The van der Waals surface area contributed by atoms with E-state index in [9.17, 15) is 14.4 Å². The van der Waals surface area contributed by atoms with Crippen molar-refractivity contribution in [1.82, 2.24) is 30.4 Å². The van der Waals surface area contributed by atoms with Gasteiger partial charge in [0, 0.05) is 25.3 Å². The molecule has 0 unspecified atom stereocenters. The molecule has 2 saturated heterocycles. The van der Waals surface area contributed by atoms with E-state index >= 15 is 0 Å². The van der Waals surface area contributed by atoms with Gasteiger partial charge >= 0.3 is 6.03 Å². The number of likely N-dealkylation sites (tertiary alicyclic amines) is 1. The van der Waals surface area contributed by atoms with Gasteiger partial charge in [-0.25, -0.2) is 14.8 Å². The van der Waals surface area contributed by atoms with Crippen LogP contribution in [0, 0.1) is 6.92 Å². The number of carbonyl (C=O) groups is 3. The van der Waals surface area contributed by atoms with Gasteiger partial charge in [0.1, 0.15) is 5.82 Å². The maximum absolute atomic E-state index is 13.1. The van der Waals surface area contributed by atoms with Crippen LogP contribution in [0.15, 0.2) is 6.20 Å². The Morgan fingerprint density at radius 3 is 2.65 bits per heavy atom. The second kappa shape index (κ2) is 9.72. The fourth-order valence-corrected chi connectivity index (χ4v) is 4.89. The van der Waals surface area contributed by atoms with Crippen LogP contribution in [0.1, 0.15) is 79.3 Å². The molecule has 0 radical (unpaired) electrons. The molecule has 1 aliphatic carbocycles. The minimum absolute atomic E-state index is 0.127. The highest BCUT2D eigenvalue weighted by atomic mass is 16.2. The first-order valence-electron chi connectivity index (χ1n) is 11.5. The highest BCUT2D eigenvalue weighted by molar-refractivity contribution is 5.97. The number of nitrogens with zero attached hydrogens (tertiary/aromatic N) is 4. The number of nitrogens with one attached hydrogen (secondary N) is 2. The summed E-state index contributed by atoms with van der Waals surface area (Å²) >= 11 is 0. The number of hydrogen-bond acceptors (Lipinski definition) is 6. The summed E-state index contributed by atoms with van der Waals surface area (Å²) in [5.41, 5.74) is 1.19. The third-order valence-corrected chi connectivity index (χ3v) is 6.55. The summed E-state index contributed by atoms with van der Waals surface area (Å²) in [6.45, 7) is 3.59. The number of piperidine rings is 1. The maximum Gasteiger partial charge on any atom is 0.324 e. The van der Waals surface area contributed by atoms with Crippen molar-refractivity contribution in [3.05, 3.63) is 23.3 Å². The molecular weight excluding hydrogens is 396 g/mol. The van der Waals surface area contributed by atoms with Gasteiger partial charge in [0.15, 0.2) is 0 Å². The van der Waals surface area contributed by atoms with Crippen LogP contribution < -0.4 is 10.6 Å². The summed E-state index contributed by atoms with van der Waals surface area (Å²) in [7, 11) is 0. The molecule has 9 nitrogen and oxygen atoms in total. The lowest BCUT2D eigenvalue weighted by atomic mass is 9.94. The molecule has 1 aromatic heterocycles. The van der Waals surface area contributed by atoms with Crippen molar-refractivity contribution in [2.45, 2.75) is 70.4 Å². The number of rotatable bonds is 5. The average Bonchev–Trinajstić information content (AvgIpc) is 3.21. The minimum Gasteiger partial charge on any atom is -0.349 e. The molecule has 0 aromatic carbocycles. The Hall–Kier alpha value is -2.55. The standard InChI is InChI=1S/C22H32N6O3/c1-15-24-13-17(21(30)26-16-7-3-2-4-8-16)20(25-15)18-9-5-6-11-27(18)14-19(29)28-12-10-23-22(28)31/h13,16,18H,2-12,14H2,1H3,(H,23,31)(H,26,30)/t18-/m1/s1. The largest absolute Gasteiger partial charge is 0.349 e. The highest BCUT2D eigenvalue weighted by Gasteiger charge is 2.34. The zero-order valence-electron chi connectivity index (χ0n) is 18.2. The maximum atomic E-state index is 13.1. The van der Waals surface area contributed by atoms with Gasteiger partial charge in [-0.05, 0) is 39.2 Å². The minimum atomic E-state index is -0.330. The third-order valence-electron chi connectivity index (χ3n) is 6.55. The molecule has 3 heterocycles. The first kappa shape index (κ1) is 21.7. The van der Waals surface area contributed by atoms with Gasteiger partial charge in [-0.2, -0.15) is 0 Å². The van der Waals surface area contributed by atoms with Crippen molar-refractivity contribution in [3.63, 3.8) is 0 Å². The molecule has 4 amide bonds. The normalized spacial score (nSPS) is 22.9. The SMILES string of the molecule is Cc1ncc(C(=O)NC2CCCCC2)c([C@H]2CCCCN2CC(=O)N2CCNC2=O)n1. The lowest BCUT2D eigenvalue weighted by molar-refractivity contribution is -0.129. The van der Waals surface area contributed by atoms with Crippen molar-refractivity contribution in [3.8, 4) is 0 Å². The molecule has 1 atom stereocenters. The van der Waals surface area contributed by atoms with Gasteiger partial charge in [0.05, 0.1) is 23.8 Å². The Kier molecular flexibility index (Phi) is 6.80. The van der Waals surface area contributed by atoms with E-state index in [-0.39, 0.29) is 36.5 Å². The van der Waals surface area contributed by atoms with E-state index in [2.05, 4.69) is 25.5 Å². The van der Waals surface area contributed by atoms with Gasteiger partial charge in [-0.15, -0.1) is 0 Å². The molecule has 9 heteroatoms. The summed E-state index contributed by atoms with van der Waals surface area (Å²) in [5, 5.41) is 5.85. The van der Waals surface area contributed by atoms with Crippen LogP contribution in [-0.2, 0) is 4.79 Å². The second-order valence-corrected chi connectivity index (χ2v) is 8.78. The van der Waals surface area contributed by atoms with E-state index in [0.29, 0.717) is 30.2 Å². The van der Waals surface area contributed by atoms with Gasteiger partial charge in [0.25, 0.3) is 5.91 Å². The summed E-state index contributed by atoms with van der Waals surface area (Å²) in [6, 6.07) is -0.269. The van der Waals surface area contributed by atoms with Crippen molar-refractivity contribution < 1.29 is 14.4 Å². The predicted octanol–water partition coefficient (Wildman–Crippen LogP) is 1.93. The Balaban J connectivity index is 1.54. The smallest absolute Gasteiger partial charge is 0.324 e. The molecule has 1 saturated carbocycles. The molecular formula is C22H32N6O3. The number of imide groups is 1. The molecule has 3 aliphatic rings. The van der Waals surface area contributed by atoms with Crippen LogP contribution >= 0.6 is 0 Å². The number of aryl methyl sites for hydroxylation is 1. The van der Waals surface area contributed by atoms with Crippen LogP contribution in [0.2, 0.25) is 0 Å². The number of hydrogen-bond donors (Lipinski definition) is 2. The zero-order chi connectivity index (χ0) is 21.8. The van der Waals surface area contributed by atoms with E-state index in [4.69, 9.17) is 0 Å². The molecule has 1 aromatic rings. The van der Waals surface area contributed by atoms with Gasteiger partial charge in [-0.3, -0.25) is 19.4 Å². The zero-order valence-corrected chi connectivity index (χ0v) is 18.2. The second-order valence-electron chi connectivity index (χ2n) is 8.78. The average molecular weight is 429 g/mol. The molecule has 2 N–H and O–H groups in total. The van der Waals surface area contributed by atoms with Crippen LogP contribution in [0.4, 0.5) is 4.79 Å². The molecule has 3 fully saturated rings. The van der Waals surface area contributed by atoms with Gasteiger partial charge in [0.2, 0.25) is 5.91 Å². The first-order chi connectivity index (χ1) is 15.0. The number of amides is 4. The molecule has 4 rings (SSSR count). The van der Waals surface area contributed by atoms with E-state index in [0.717, 1.165) is 51.5 Å². The van der Waals surface area contributed by atoms with Gasteiger partial charge < -0.3 is 10.6 Å². The number of carbonyl (C=O) groups excluding carboxylic acids is 3. The van der Waals surface area contributed by atoms with Crippen LogP contribution in [0.25, 0.3) is 0 Å². The summed E-state index contributed by atoms with van der Waals surface area (Å²) in [4.78, 5) is 50.1. The van der Waals surface area contributed by atoms with E-state index in [1.807, 2.05) is 6.92 Å². The Bertz CT molecular complexity index is 839. The van der Waals surface area contributed by atoms with Crippen LogP contribution in [0.5, 0.6) is 0 Å². The number of urea groups is 1. The van der Waals surface area contributed by atoms with Crippen molar-refractivity contribution in [2.24, 2.45) is 0 Å². The molecule has 0 spiro atoms. The fraction of sp³-hybridized carbons (Fsp3) is 0.682. The van der Waals surface area contributed by atoms with Crippen molar-refractivity contribution in [2.75, 3.05) is 26.2 Å². The third kappa shape index (κ3) is 5.03. The monoisotopic (exact) mass is 428 g/mol. The Labute approximate surface area is 183 Å². The fourth-order valence-electron chi connectivity index (χ4n) is 4.89. The van der Waals surface area contributed by atoms with E-state index in [1.165, 1.54) is 11.3 Å². The van der Waals surface area contributed by atoms with Gasteiger partial charge in [-0.1, -0.05) is 25.7 Å². The van der Waals surface area contributed by atoms with E-state index in [1.54, 1.807) is 6.20 Å². The lowest BCUT2D eigenvalue weighted by Crippen LogP contribution is -2.45. The molecule has 2 aliphatic heterocycles. The summed E-state index contributed by atoms with van der Waals surface area (Å²) in [6.07, 6.45) is 9.96. The first-order valence-corrected chi connectivity index (χ1v) is 11.5. The summed E-state index contributed by atoms with van der Waals surface area (Å²) in [5.74, 6) is 0.276. The quantitative estimate of drug-likeness (QED) is 0.742. The Morgan fingerprint density at radius 1 is 1.13 bits per heavy atom. The molecule has 31 heavy (non-hydrogen) atoms. The topological polar surface area (TPSA) is 108 Å². The number of aromatic nitrogens is 2. The van der Waals surface area contributed by atoms with Crippen LogP contribution in [0.3, 0.4) is 0 Å².